The first-order valence-corrected chi connectivity index (χ1v) is 7.08. The van der Waals surface area contributed by atoms with Gasteiger partial charge in [0.2, 0.25) is 5.78 Å². The van der Waals surface area contributed by atoms with Crippen molar-refractivity contribution in [2.45, 2.75) is 18.9 Å². The zero-order chi connectivity index (χ0) is 13.2. The maximum absolute atomic E-state index is 12.3. The Hall–Kier alpha value is -1.61. The highest BCUT2D eigenvalue weighted by Gasteiger charge is 2.26. The van der Waals surface area contributed by atoms with Crippen LogP contribution in [0.2, 0.25) is 0 Å². The summed E-state index contributed by atoms with van der Waals surface area (Å²) >= 11 is 3.45. The zero-order valence-electron chi connectivity index (χ0n) is 10.3. The van der Waals surface area contributed by atoms with Crippen LogP contribution in [-0.2, 0) is 6.42 Å². The van der Waals surface area contributed by atoms with Crippen molar-refractivity contribution in [2.75, 3.05) is 0 Å². The van der Waals surface area contributed by atoms with Gasteiger partial charge >= 0.3 is 0 Å². The minimum Gasteiger partial charge on any atom is -0.482 e. The topological polar surface area (TPSA) is 26.3 Å². The number of hydrogen-bond donors (Lipinski definition) is 0. The third-order valence-electron chi connectivity index (χ3n) is 3.32. The number of Topliss-reactive ketones (excluding diaryl/α,β-unsaturated/α-hetero) is 1. The number of carbonyl (C=O) groups is 1. The molecular weight excluding hydrogens is 304 g/mol. The molecule has 0 bridgehead atoms. The molecule has 1 heterocycles. The second-order valence-corrected chi connectivity index (χ2v) is 5.54. The molecule has 1 atom stereocenters. The molecule has 0 aromatic heterocycles. The highest BCUT2D eigenvalue weighted by Crippen LogP contribution is 2.31. The van der Waals surface area contributed by atoms with E-state index in [1.165, 1.54) is 0 Å². The summed E-state index contributed by atoms with van der Waals surface area (Å²) in [5.41, 5.74) is 1.87. The number of benzene rings is 2. The van der Waals surface area contributed by atoms with E-state index < -0.39 is 0 Å². The summed E-state index contributed by atoms with van der Waals surface area (Å²) in [6.07, 6.45) is 1.24. The molecule has 2 aromatic rings. The summed E-state index contributed by atoms with van der Waals surface area (Å²) < 4.78 is 6.88. The highest BCUT2D eigenvalue weighted by molar-refractivity contribution is 9.10. The fraction of sp³-hybridized carbons (Fsp3) is 0.188. The molecule has 0 radical (unpaired) electrons. The molecule has 2 nitrogen and oxygen atoms in total. The maximum atomic E-state index is 12.3. The number of aryl methyl sites for hydroxylation is 1. The van der Waals surface area contributed by atoms with Crippen LogP contribution in [0.1, 0.15) is 22.3 Å². The van der Waals surface area contributed by atoms with E-state index >= 15 is 0 Å². The third kappa shape index (κ3) is 2.56. The molecule has 2 aromatic carbocycles. The van der Waals surface area contributed by atoms with Crippen LogP contribution in [0.25, 0.3) is 0 Å². The third-order valence-corrected chi connectivity index (χ3v) is 3.81. The number of fused-ring (bicyclic) bond motifs is 1. The fourth-order valence-electron chi connectivity index (χ4n) is 2.33. The lowest BCUT2D eigenvalue weighted by atomic mass is 9.97. The Balaban J connectivity index is 1.82. The summed E-state index contributed by atoms with van der Waals surface area (Å²) in [6, 6.07) is 15.2. The van der Waals surface area contributed by atoms with Gasteiger partial charge < -0.3 is 4.74 Å². The first-order valence-electron chi connectivity index (χ1n) is 6.28. The van der Waals surface area contributed by atoms with Gasteiger partial charge in [-0.3, -0.25) is 4.79 Å². The minimum atomic E-state index is -0.365. The van der Waals surface area contributed by atoms with Gasteiger partial charge in [0, 0.05) is 10.0 Å². The fourth-order valence-corrected chi connectivity index (χ4v) is 2.74. The van der Waals surface area contributed by atoms with E-state index in [0.29, 0.717) is 5.56 Å². The van der Waals surface area contributed by atoms with Gasteiger partial charge in [0.25, 0.3) is 0 Å². The van der Waals surface area contributed by atoms with Gasteiger partial charge in [-0.2, -0.15) is 0 Å². The van der Waals surface area contributed by atoms with Crippen LogP contribution in [0.15, 0.2) is 53.0 Å². The predicted octanol–water partition coefficient (Wildman–Crippen LogP) is 4.03. The Morgan fingerprint density at radius 2 is 1.95 bits per heavy atom. The standard InChI is InChI=1S/C16H13BrO2/c17-13-7-9-14-12(10-13)6-8-15(19-14)16(18)11-4-2-1-3-5-11/h1-5,7,9-10,15H,6,8H2. The van der Waals surface area contributed by atoms with Gasteiger partial charge in [-0.25, -0.2) is 0 Å². The van der Waals surface area contributed by atoms with E-state index in [1.54, 1.807) is 0 Å². The average Bonchev–Trinajstić information content (AvgIpc) is 2.47. The monoisotopic (exact) mass is 316 g/mol. The molecule has 0 spiro atoms. The second kappa shape index (κ2) is 5.17. The van der Waals surface area contributed by atoms with E-state index in [4.69, 9.17) is 4.74 Å². The van der Waals surface area contributed by atoms with Gasteiger partial charge in [0.15, 0.2) is 6.10 Å². The van der Waals surface area contributed by atoms with Gasteiger partial charge in [0.05, 0.1) is 0 Å². The molecule has 1 aliphatic heterocycles. The zero-order valence-corrected chi connectivity index (χ0v) is 11.9. The Labute approximate surface area is 120 Å². The Morgan fingerprint density at radius 3 is 2.74 bits per heavy atom. The minimum absolute atomic E-state index is 0.0640. The van der Waals surface area contributed by atoms with E-state index in [2.05, 4.69) is 22.0 Å². The number of hydrogen-bond acceptors (Lipinski definition) is 2. The van der Waals surface area contributed by atoms with Gasteiger partial charge in [-0.15, -0.1) is 0 Å². The van der Waals surface area contributed by atoms with E-state index in [-0.39, 0.29) is 11.9 Å². The van der Waals surface area contributed by atoms with Gasteiger partial charge in [-0.1, -0.05) is 46.3 Å². The lowest BCUT2D eigenvalue weighted by molar-refractivity contribution is 0.0756. The first-order chi connectivity index (χ1) is 9.24. The summed E-state index contributed by atoms with van der Waals surface area (Å²) in [5, 5.41) is 0. The number of ketones is 1. The van der Waals surface area contributed by atoms with Crippen LogP contribution in [0.4, 0.5) is 0 Å². The maximum Gasteiger partial charge on any atom is 0.203 e. The summed E-state index contributed by atoms with van der Waals surface area (Å²) in [4.78, 5) is 12.3. The highest BCUT2D eigenvalue weighted by atomic mass is 79.9. The molecule has 1 aliphatic rings. The van der Waals surface area contributed by atoms with Gasteiger partial charge in [0.1, 0.15) is 5.75 Å². The quantitative estimate of drug-likeness (QED) is 0.782. The Morgan fingerprint density at radius 1 is 1.16 bits per heavy atom. The smallest absolute Gasteiger partial charge is 0.203 e. The van der Waals surface area contributed by atoms with E-state index in [9.17, 15) is 4.79 Å². The van der Waals surface area contributed by atoms with E-state index in [0.717, 1.165) is 28.6 Å². The first kappa shape index (κ1) is 12.4. The van der Waals surface area contributed by atoms with Crippen LogP contribution in [0.3, 0.4) is 0 Å². The molecule has 19 heavy (non-hydrogen) atoms. The molecule has 0 amide bonds. The lowest BCUT2D eigenvalue weighted by Gasteiger charge is -2.25. The number of halogens is 1. The summed E-state index contributed by atoms with van der Waals surface area (Å²) in [6.45, 7) is 0. The Kier molecular flexibility index (Phi) is 3.38. The van der Waals surface area contributed by atoms with Crippen molar-refractivity contribution in [3.05, 3.63) is 64.1 Å². The van der Waals surface area contributed by atoms with Crippen molar-refractivity contribution >= 4 is 21.7 Å². The van der Waals surface area contributed by atoms with Crippen LogP contribution in [0.5, 0.6) is 5.75 Å². The molecule has 0 aliphatic carbocycles. The molecule has 3 heteroatoms. The SMILES string of the molecule is O=C(c1ccccc1)C1CCc2cc(Br)ccc2O1. The van der Waals surface area contributed by atoms with Gasteiger partial charge in [-0.05, 0) is 36.6 Å². The average molecular weight is 317 g/mol. The molecule has 0 saturated carbocycles. The predicted molar refractivity (Wildman–Crippen MR) is 77.7 cm³/mol. The molecule has 0 saturated heterocycles. The van der Waals surface area contributed by atoms with Crippen molar-refractivity contribution in [2.24, 2.45) is 0 Å². The molecule has 0 fully saturated rings. The molecule has 96 valence electrons. The van der Waals surface area contributed by atoms with Crippen molar-refractivity contribution in [1.82, 2.24) is 0 Å². The lowest BCUT2D eigenvalue weighted by Crippen LogP contribution is -2.31. The van der Waals surface area contributed by atoms with Crippen LogP contribution in [0, 0.1) is 0 Å². The normalized spacial score (nSPS) is 17.4. The van der Waals surface area contributed by atoms with Crippen LogP contribution < -0.4 is 4.74 Å². The van der Waals surface area contributed by atoms with Crippen LogP contribution in [-0.4, -0.2) is 11.9 Å². The van der Waals surface area contributed by atoms with Crippen molar-refractivity contribution < 1.29 is 9.53 Å². The molecule has 1 unspecified atom stereocenters. The van der Waals surface area contributed by atoms with Crippen molar-refractivity contribution in [1.29, 1.82) is 0 Å². The molecular formula is C16H13BrO2. The molecule has 0 N–H and O–H groups in total. The second-order valence-electron chi connectivity index (χ2n) is 4.63. The summed E-state index contributed by atoms with van der Waals surface area (Å²) in [7, 11) is 0. The van der Waals surface area contributed by atoms with E-state index in [1.807, 2.05) is 42.5 Å². The van der Waals surface area contributed by atoms with Crippen molar-refractivity contribution in [3.63, 3.8) is 0 Å². The van der Waals surface area contributed by atoms with Crippen LogP contribution >= 0.6 is 15.9 Å². The molecule has 3 rings (SSSR count). The van der Waals surface area contributed by atoms with Crippen molar-refractivity contribution in [3.8, 4) is 5.75 Å². The number of carbonyl (C=O) groups excluding carboxylic acids is 1. The Bertz CT molecular complexity index is 607. The largest absolute Gasteiger partial charge is 0.482 e. The summed E-state index contributed by atoms with van der Waals surface area (Å²) in [5.74, 6) is 0.887. The number of rotatable bonds is 2. The number of ether oxygens (including phenoxy) is 1.